The van der Waals surface area contributed by atoms with Gasteiger partial charge in [-0.2, -0.15) is 5.26 Å². The fraction of sp³-hybridized carbons (Fsp3) is 0.556. The molecule has 1 saturated carbocycles. The van der Waals surface area contributed by atoms with Crippen LogP contribution >= 0.6 is 11.8 Å². The van der Waals surface area contributed by atoms with Gasteiger partial charge in [0.1, 0.15) is 0 Å². The molecular weight excluding hydrogens is 322 g/mol. The summed E-state index contributed by atoms with van der Waals surface area (Å²) in [6.07, 6.45) is 3.77. The molecule has 2 fully saturated rings. The molecule has 1 saturated heterocycles. The Balaban J connectivity index is 1.65. The van der Waals surface area contributed by atoms with E-state index in [-0.39, 0.29) is 16.9 Å². The first-order valence-electron chi connectivity index (χ1n) is 8.44. The normalized spacial score (nSPS) is 20.1. The number of morpholine rings is 1. The number of nitrogens with one attached hydrogen (secondary N) is 1. The monoisotopic (exact) mass is 345 g/mol. The first-order valence-corrected chi connectivity index (χ1v) is 9.32. The molecule has 0 bridgehead atoms. The maximum Gasteiger partial charge on any atom is 0.322 e. The maximum atomic E-state index is 12.7. The summed E-state index contributed by atoms with van der Waals surface area (Å²) in [6, 6.07) is 9.90. The number of para-hydroxylation sites is 1. The van der Waals surface area contributed by atoms with Crippen LogP contribution in [0.5, 0.6) is 0 Å². The number of nitriles is 1. The number of hydrogen-bond acceptors (Lipinski definition) is 4. The summed E-state index contributed by atoms with van der Waals surface area (Å²) in [7, 11) is 0. The fourth-order valence-corrected chi connectivity index (χ4v) is 4.14. The Morgan fingerprint density at radius 1 is 1.50 bits per heavy atom. The predicted octanol–water partition coefficient (Wildman–Crippen LogP) is 3.87. The van der Waals surface area contributed by atoms with E-state index in [0.717, 1.165) is 23.4 Å². The number of carbonyl (C=O) groups excluding carboxylic acids is 1. The highest BCUT2D eigenvalue weighted by molar-refractivity contribution is 8.00. The molecule has 1 aromatic carbocycles. The van der Waals surface area contributed by atoms with Gasteiger partial charge >= 0.3 is 6.03 Å². The number of benzene rings is 1. The smallest absolute Gasteiger partial charge is 0.322 e. The first kappa shape index (κ1) is 17.1. The zero-order chi connectivity index (χ0) is 17.0. The Morgan fingerprint density at radius 2 is 2.29 bits per heavy atom. The molecule has 1 aromatic rings. The van der Waals surface area contributed by atoms with Crippen LogP contribution < -0.4 is 5.32 Å². The predicted molar refractivity (Wildman–Crippen MR) is 95.1 cm³/mol. The van der Waals surface area contributed by atoms with Crippen LogP contribution in [0.3, 0.4) is 0 Å². The Labute approximate surface area is 147 Å². The van der Waals surface area contributed by atoms with Crippen LogP contribution in [0, 0.1) is 11.3 Å². The first-order chi connectivity index (χ1) is 11.6. The third-order valence-corrected chi connectivity index (χ3v) is 5.81. The van der Waals surface area contributed by atoms with E-state index in [9.17, 15) is 4.79 Å². The number of hydrogen-bond donors (Lipinski definition) is 1. The van der Waals surface area contributed by atoms with Crippen molar-refractivity contribution in [2.75, 3.05) is 25.0 Å². The van der Waals surface area contributed by atoms with E-state index in [2.05, 4.69) is 11.4 Å². The van der Waals surface area contributed by atoms with Crippen LogP contribution in [0.1, 0.15) is 32.6 Å². The highest BCUT2D eigenvalue weighted by Gasteiger charge is 2.43. The fourth-order valence-electron chi connectivity index (χ4n) is 3.15. The van der Waals surface area contributed by atoms with Gasteiger partial charge in [-0.1, -0.05) is 19.1 Å². The molecule has 1 heterocycles. The lowest BCUT2D eigenvalue weighted by atomic mass is 9.79. The van der Waals surface area contributed by atoms with Crippen LogP contribution in [0.2, 0.25) is 0 Å². The second-order valence-corrected chi connectivity index (χ2v) is 8.00. The van der Waals surface area contributed by atoms with E-state index in [1.165, 1.54) is 6.42 Å². The van der Waals surface area contributed by atoms with Crippen molar-refractivity contribution < 1.29 is 9.53 Å². The van der Waals surface area contributed by atoms with Crippen molar-refractivity contribution in [3.63, 3.8) is 0 Å². The molecule has 3 rings (SSSR count). The van der Waals surface area contributed by atoms with Gasteiger partial charge in [0.05, 0.1) is 30.5 Å². The Hall–Kier alpha value is -1.71. The minimum Gasteiger partial charge on any atom is -0.371 e. The van der Waals surface area contributed by atoms with E-state index in [1.807, 2.05) is 36.1 Å². The lowest BCUT2D eigenvalue weighted by Gasteiger charge is -2.48. The van der Waals surface area contributed by atoms with E-state index < -0.39 is 0 Å². The van der Waals surface area contributed by atoms with Crippen molar-refractivity contribution in [2.24, 2.45) is 0 Å². The van der Waals surface area contributed by atoms with Gasteiger partial charge in [0.2, 0.25) is 0 Å². The summed E-state index contributed by atoms with van der Waals surface area (Å²) >= 11 is 1.62. The molecule has 0 radical (unpaired) electrons. The number of anilines is 1. The largest absolute Gasteiger partial charge is 0.371 e. The molecule has 2 aliphatic rings. The minimum atomic E-state index is -0.0921. The molecule has 1 aliphatic carbocycles. The van der Waals surface area contributed by atoms with Crippen molar-refractivity contribution in [1.82, 2.24) is 4.90 Å². The summed E-state index contributed by atoms with van der Waals surface area (Å²) in [5.74, 6) is 0. The van der Waals surface area contributed by atoms with Gasteiger partial charge in [0.25, 0.3) is 0 Å². The third-order valence-electron chi connectivity index (χ3n) is 4.64. The number of ether oxygens (including phenoxy) is 1. The van der Waals surface area contributed by atoms with Crippen molar-refractivity contribution in [1.29, 1.82) is 5.26 Å². The van der Waals surface area contributed by atoms with E-state index in [1.54, 1.807) is 11.8 Å². The Bertz CT molecular complexity index is 639. The molecular formula is C18H23N3O2S. The van der Waals surface area contributed by atoms with Gasteiger partial charge in [-0.25, -0.2) is 4.79 Å². The van der Waals surface area contributed by atoms with Gasteiger partial charge in [-0.05, 0) is 31.4 Å². The standard InChI is InChI=1S/C18H23N3O2S/c1-14(7-10-19)24-16-6-3-2-5-15(16)20-17(22)21-11-12-23-18(13-21)8-4-9-18/h2-3,5-6,14H,4,7-9,11-13H2,1H3,(H,20,22). The number of carbonyl (C=O) groups is 1. The summed E-state index contributed by atoms with van der Waals surface area (Å²) < 4.78 is 5.88. The van der Waals surface area contributed by atoms with Gasteiger partial charge in [0.15, 0.2) is 0 Å². The molecule has 6 heteroatoms. The number of thioether (sulfide) groups is 1. The molecule has 1 unspecified atom stereocenters. The van der Waals surface area contributed by atoms with Crippen molar-refractivity contribution in [2.45, 2.75) is 48.4 Å². The Morgan fingerprint density at radius 3 is 3.00 bits per heavy atom. The number of nitrogens with zero attached hydrogens (tertiary/aromatic N) is 2. The highest BCUT2D eigenvalue weighted by Crippen LogP contribution is 2.38. The molecule has 1 N–H and O–H groups in total. The Kier molecular flexibility index (Phi) is 5.32. The van der Waals surface area contributed by atoms with Crippen LogP contribution in [0.15, 0.2) is 29.2 Å². The molecule has 128 valence electrons. The average Bonchev–Trinajstić information content (AvgIpc) is 2.55. The zero-order valence-electron chi connectivity index (χ0n) is 14.0. The third kappa shape index (κ3) is 3.85. The van der Waals surface area contributed by atoms with Gasteiger partial charge in [-0.15, -0.1) is 11.8 Å². The van der Waals surface area contributed by atoms with Crippen LogP contribution in [-0.4, -0.2) is 41.5 Å². The van der Waals surface area contributed by atoms with Crippen molar-refractivity contribution in [3.05, 3.63) is 24.3 Å². The maximum absolute atomic E-state index is 12.7. The van der Waals surface area contributed by atoms with E-state index in [4.69, 9.17) is 10.00 Å². The average molecular weight is 345 g/mol. The summed E-state index contributed by atoms with van der Waals surface area (Å²) in [5, 5.41) is 12.1. The van der Waals surface area contributed by atoms with Crippen molar-refractivity contribution in [3.8, 4) is 6.07 Å². The number of rotatable bonds is 4. The SMILES string of the molecule is CC(CC#N)Sc1ccccc1NC(=O)N1CCOC2(CCC2)C1. The number of amides is 2. The molecule has 0 aromatic heterocycles. The molecule has 1 aliphatic heterocycles. The molecule has 1 spiro atoms. The number of urea groups is 1. The second kappa shape index (κ2) is 7.45. The van der Waals surface area contributed by atoms with E-state index >= 15 is 0 Å². The van der Waals surface area contributed by atoms with Crippen LogP contribution in [0.4, 0.5) is 10.5 Å². The van der Waals surface area contributed by atoms with Gasteiger partial charge < -0.3 is 15.0 Å². The van der Waals surface area contributed by atoms with Gasteiger partial charge in [0, 0.05) is 23.1 Å². The van der Waals surface area contributed by atoms with Crippen LogP contribution in [0.25, 0.3) is 0 Å². The molecule has 2 amide bonds. The molecule has 24 heavy (non-hydrogen) atoms. The van der Waals surface area contributed by atoms with E-state index in [0.29, 0.717) is 26.1 Å². The summed E-state index contributed by atoms with van der Waals surface area (Å²) in [4.78, 5) is 15.5. The molecule has 5 nitrogen and oxygen atoms in total. The highest BCUT2D eigenvalue weighted by atomic mass is 32.2. The quantitative estimate of drug-likeness (QED) is 0.841. The minimum absolute atomic E-state index is 0.0643. The summed E-state index contributed by atoms with van der Waals surface area (Å²) in [5.41, 5.74) is 0.719. The zero-order valence-corrected chi connectivity index (χ0v) is 14.8. The van der Waals surface area contributed by atoms with Gasteiger partial charge in [-0.3, -0.25) is 0 Å². The van der Waals surface area contributed by atoms with Crippen molar-refractivity contribution >= 4 is 23.5 Å². The topological polar surface area (TPSA) is 65.4 Å². The lowest BCUT2D eigenvalue weighted by Crippen LogP contribution is -2.57. The second-order valence-electron chi connectivity index (χ2n) is 6.52. The van der Waals surface area contributed by atoms with Crippen LogP contribution in [-0.2, 0) is 4.74 Å². The molecule has 1 atom stereocenters. The lowest BCUT2D eigenvalue weighted by molar-refractivity contribution is -0.140. The summed E-state index contributed by atoms with van der Waals surface area (Å²) in [6.45, 7) is 3.95.